The Morgan fingerprint density at radius 3 is 2.38 bits per heavy atom. The first-order valence-corrected chi connectivity index (χ1v) is 7.92. The molecule has 0 N–H and O–H groups in total. The molecule has 2 heterocycles. The molecule has 0 unspecified atom stereocenters. The Kier molecular flexibility index (Phi) is 5.24. The van der Waals surface area contributed by atoms with E-state index in [-0.39, 0.29) is 51.0 Å². The van der Waals surface area contributed by atoms with Crippen LogP contribution in [0.25, 0.3) is 0 Å². The Morgan fingerprint density at radius 2 is 1.81 bits per heavy atom. The zero-order valence-electron chi connectivity index (χ0n) is 9.56. The summed E-state index contributed by atoms with van der Waals surface area (Å²) in [5.41, 5.74) is 4.12. The molecule has 0 amide bonds. The minimum absolute atomic E-state index is 0. The van der Waals surface area contributed by atoms with Gasteiger partial charge in [-0.2, -0.15) is 0 Å². The Balaban J connectivity index is 0.000000750. The van der Waals surface area contributed by atoms with Crippen LogP contribution in [0.3, 0.4) is 0 Å². The minimum Gasteiger partial charge on any atom is -1.00 e. The number of hydrogen-bond donors (Lipinski definition) is 0. The van der Waals surface area contributed by atoms with Crippen LogP contribution in [-0.2, 0) is 26.2 Å². The van der Waals surface area contributed by atoms with Crippen LogP contribution >= 0.6 is 0 Å². The van der Waals surface area contributed by atoms with Crippen LogP contribution in [0.5, 0.6) is 0 Å². The quantitative estimate of drug-likeness (QED) is 0.442. The molecular weight excluding hydrogens is 336 g/mol. The van der Waals surface area contributed by atoms with Gasteiger partial charge in [0.25, 0.3) is 0 Å². The van der Waals surface area contributed by atoms with Crippen LogP contribution in [0, 0.1) is 0 Å². The van der Waals surface area contributed by atoms with E-state index in [2.05, 4.69) is 37.2 Å². The van der Waals surface area contributed by atoms with Crippen LogP contribution in [0.1, 0.15) is 13.3 Å². The molecule has 2 aliphatic heterocycles. The van der Waals surface area contributed by atoms with Crippen molar-refractivity contribution in [1.29, 1.82) is 0 Å². The number of rotatable bonds is 1. The first kappa shape index (κ1) is 16.6. The molecule has 0 fully saturated rings. The van der Waals surface area contributed by atoms with Gasteiger partial charge >= 0.3 is 26.2 Å². The molecule has 0 saturated heterocycles. The molecule has 5 heteroatoms. The van der Waals surface area contributed by atoms with Gasteiger partial charge in [-0.05, 0) is 22.9 Å². The third-order valence-electron chi connectivity index (χ3n) is 3.36. The molecule has 1 aliphatic carbocycles. The summed E-state index contributed by atoms with van der Waals surface area (Å²) in [5, 5.41) is 3.27. The van der Waals surface area contributed by atoms with Gasteiger partial charge in [-0.3, -0.25) is 4.99 Å². The van der Waals surface area contributed by atoms with Crippen molar-refractivity contribution in [2.75, 3.05) is 0 Å². The fourth-order valence-electron chi connectivity index (χ4n) is 2.69. The number of allylic oxidation sites excluding steroid dienone is 4. The number of nitrogens with zero attached hydrogens (tertiary/aromatic N) is 1. The molecular formula is C11H13Cl2NSiZr. The summed E-state index contributed by atoms with van der Waals surface area (Å²) in [5.74, 6) is 0. The summed E-state index contributed by atoms with van der Waals surface area (Å²) in [6.07, 6.45) is 5.57. The Bertz CT molecular complexity index is 447. The van der Waals surface area contributed by atoms with Crippen molar-refractivity contribution in [3.05, 3.63) is 33.8 Å². The minimum atomic E-state index is -1.19. The number of hydrogen-bond acceptors (Lipinski definition) is 1. The zero-order chi connectivity index (χ0) is 9.22. The second kappa shape index (κ2) is 5.06. The summed E-state index contributed by atoms with van der Waals surface area (Å²) >= 11 is 0. The summed E-state index contributed by atoms with van der Waals surface area (Å²) in [6, 6.07) is 0. The molecule has 0 aromatic carbocycles. The molecule has 3 aliphatic rings. The molecule has 0 aromatic rings. The predicted molar refractivity (Wildman–Crippen MR) is 58.4 cm³/mol. The van der Waals surface area contributed by atoms with Gasteiger partial charge in [-0.25, -0.2) is 0 Å². The van der Waals surface area contributed by atoms with Crippen molar-refractivity contribution >= 4 is 13.8 Å². The van der Waals surface area contributed by atoms with E-state index in [4.69, 9.17) is 0 Å². The topological polar surface area (TPSA) is 12.4 Å². The van der Waals surface area contributed by atoms with Gasteiger partial charge in [-0.1, -0.05) is 26.1 Å². The Morgan fingerprint density at radius 1 is 1.19 bits per heavy atom. The summed E-state index contributed by atoms with van der Waals surface area (Å²) in [7, 11) is -1.19. The Hall–Kier alpha value is 0.570. The second-order valence-corrected chi connectivity index (χ2v) is 8.71. The molecule has 84 valence electrons. The molecule has 16 heavy (non-hydrogen) atoms. The molecule has 3 rings (SSSR count). The van der Waals surface area contributed by atoms with Gasteiger partial charge in [0, 0.05) is 11.3 Å². The van der Waals surface area contributed by atoms with Crippen molar-refractivity contribution in [2.45, 2.75) is 26.4 Å². The zero-order valence-corrected chi connectivity index (χ0v) is 14.5. The van der Waals surface area contributed by atoms with E-state index in [1.165, 1.54) is 17.0 Å². The van der Waals surface area contributed by atoms with E-state index < -0.39 is 8.07 Å². The maximum atomic E-state index is 4.67. The van der Waals surface area contributed by atoms with E-state index >= 15 is 0 Å². The molecule has 0 radical (unpaired) electrons. The predicted octanol–water partition coefficient (Wildman–Crippen LogP) is -3.22. The first-order chi connectivity index (χ1) is 6.16. The average Bonchev–Trinajstić information content (AvgIpc) is 2.54. The standard InChI is InChI=1S/C11H13NSi.2ClH.Zr/c1-4-7-11-10-8(12-7)5-6-9(10)13(11,2)3;;;/h5-6H,4H2,1-3H3;2*1H;/q;;;+2/p-2. The maximum Gasteiger partial charge on any atom is 2.00 e. The fraction of sp³-hybridized carbons (Fsp3) is 0.364. The van der Waals surface area contributed by atoms with E-state index in [1.54, 1.807) is 10.4 Å². The van der Waals surface area contributed by atoms with Crippen LogP contribution < -0.4 is 24.8 Å². The van der Waals surface area contributed by atoms with Crippen molar-refractivity contribution in [3.8, 4) is 0 Å². The van der Waals surface area contributed by atoms with Crippen LogP contribution in [0.2, 0.25) is 13.1 Å². The molecule has 0 spiro atoms. The van der Waals surface area contributed by atoms with Crippen LogP contribution in [0.4, 0.5) is 0 Å². The first-order valence-electron chi connectivity index (χ1n) is 4.92. The van der Waals surface area contributed by atoms with Gasteiger partial charge < -0.3 is 24.8 Å². The molecule has 0 atom stereocenters. The van der Waals surface area contributed by atoms with Crippen molar-refractivity contribution in [1.82, 2.24) is 0 Å². The normalized spacial score (nSPS) is 21.6. The third-order valence-corrected chi connectivity index (χ3v) is 6.91. The van der Waals surface area contributed by atoms with Crippen LogP contribution in [-0.4, -0.2) is 13.8 Å². The van der Waals surface area contributed by atoms with Gasteiger partial charge in [0.1, 0.15) is 8.07 Å². The van der Waals surface area contributed by atoms with E-state index in [0.717, 1.165) is 6.42 Å². The van der Waals surface area contributed by atoms with Gasteiger partial charge in [0.05, 0.1) is 5.70 Å². The average molecular weight is 349 g/mol. The molecule has 0 bridgehead atoms. The van der Waals surface area contributed by atoms with Crippen molar-refractivity contribution in [2.24, 2.45) is 4.99 Å². The van der Waals surface area contributed by atoms with E-state index in [1.807, 2.05) is 0 Å². The van der Waals surface area contributed by atoms with Gasteiger partial charge in [0.2, 0.25) is 0 Å². The summed E-state index contributed by atoms with van der Waals surface area (Å²) in [6.45, 7) is 7.08. The molecule has 1 nitrogen and oxygen atoms in total. The van der Waals surface area contributed by atoms with Gasteiger partial charge in [-0.15, -0.1) is 0 Å². The Labute approximate surface area is 129 Å². The smallest absolute Gasteiger partial charge is 1.00 e. The van der Waals surface area contributed by atoms with Crippen molar-refractivity contribution in [3.63, 3.8) is 0 Å². The van der Waals surface area contributed by atoms with E-state index in [0.29, 0.717) is 0 Å². The molecule has 0 aromatic heterocycles. The molecule has 0 saturated carbocycles. The summed E-state index contributed by atoms with van der Waals surface area (Å²) in [4.78, 5) is 4.67. The fourth-order valence-corrected chi connectivity index (χ4v) is 5.99. The van der Waals surface area contributed by atoms with E-state index in [9.17, 15) is 0 Å². The maximum absolute atomic E-state index is 4.67. The largest absolute Gasteiger partial charge is 2.00 e. The summed E-state index contributed by atoms with van der Waals surface area (Å²) < 4.78 is 0. The SMILES string of the molecule is CCC1=NC2=CC=C3C2=C1[Si]3(C)C.[Cl-].[Cl-].[Zr+2]. The monoisotopic (exact) mass is 347 g/mol. The van der Waals surface area contributed by atoms with Crippen LogP contribution in [0.15, 0.2) is 38.8 Å². The van der Waals surface area contributed by atoms with Crippen molar-refractivity contribution < 1.29 is 51.0 Å². The number of halogens is 2. The van der Waals surface area contributed by atoms with Gasteiger partial charge in [0.15, 0.2) is 0 Å². The number of aliphatic imine (C=N–C) groups is 1. The third kappa shape index (κ3) is 1.71. The second-order valence-electron chi connectivity index (χ2n) is 4.42.